The van der Waals surface area contributed by atoms with Gasteiger partial charge in [0.15, 0.2) is 0 Å². The molecule has 8 aliphatic carbocycles. The van der Waals surface area contributed by atoms with Crippen molar-refractivity contribution >= 4 is 5.97 Å². The third-order valence-electron chi connectivity index (χ3n) is 14.9. The van der Waals surface area contributed by atoms with E-state index >= 15 is 0 Å². The zero-order valence-corrected chi connectivity index (χ0v) is 26.4. The van der Waals surface area contributed by atoms with Gasteiger partial charge in [-0.3, -0.25) is 4.79 Å². The van der Waals surface area contributed by atoms with Crippen molar-refractivity contribution in [2.45, 2.75) is 162 Å². The minimum atomic E-state index is -0.107. The molecular weight excluding hydrogens is 488 g/mol. The summed E-state index contributed by atoms with van der Waals surface area (Å²) < 4.78 is 6.49. The lowest BCUT2D eigenvalue weighted by atomic mass is 9.47. The molecule has 0 aromatic carbocycles. The Morgan fingerprint density at radius 1 is 0.850 bits per heavy atom. The number of allylic oxidation sites excluding steroid dienone is 1. The topological polar surface area (TPSA) is 26.3 Å². The predicted octanol–water partition coefficient (Wildman–Crippen LogP) is 10.4. The van der Waals surface area contributed by atoms with Crippen LogP contribution in [0.2, 0.25) is 0 Å². The number of carbonyl (C=O) groups excluding carboxylic acids is 1. The highest BCUT2D eigenvalue weighted by molar-refractivity contribution is 5.77. The van der Waals surface area contributed by atoms with Crippen molar-refractivity contribution in [3.63, 3.8) is 0 Å². The minimum absolute atomic E-state index is 0.107. The molecule has 4 bridgehead atoms. The van der Waals surface area contributed by atoms with E-state index in [9.17, 15) is 4.79 Å². The summed E-state index contributed by atoms with van der Waals surface area (Å²) >= 11 is 0. The molecule has 7 fully saturated rings. The lowest BCUT2D eigenvalue weighted by molar-refractivity contribution is -0.179. The Labute approximate surface area is 246 Å². The Balaban J connectivity index is 0.976. The lowest BCUT2D eigenvalue weighted by Gasteiger charge is -2.58. The lowest BCUT2D eigenvalue weighted by Crippen LogP contribution is -2.52. The van der Waals surface area contributed by atoms with Gasteiger partial charge < -0.3 is 4.74 Å². The van der Waals surface area contributed by atoms with Crippen LogP contribution in [0.5, 0.6) is 0 Å². The van der Waals surface area contributed by atoms with Crippen LogP contribution in [0.4, 0.5) is 0 Å². The van der Waals surface area contributed by atoms with Gasteiger partial charge in [0.2, 0.25) is 0 Å². The van der Waals surface area contributed by atoms with Gasteiger partial charge in [-0.1, -0.05) is 70.9 Å². The molecular formula is C38H60O2. The first-order chi connectivity index (χ1) is 19.3. The molecule has 7 atom stereocenters. The van der Waals surface area contributed by atoms with Crippen molar-refractivity contribution in [3.8, 4) is 0 Å². The molecule has 0 amide bonds. The van der Waals surface area contributed by atoms with Gasteiger partial charge >= 0.3 is 5.97 Å². The van der Waals surface area contributed by atoms with Crippen LogP contribution < -0.4 is 0 Å². The van der Waals surface area contributed by atoms with Crippen LogP contribution >= 0.6 is 0 Å². The Morgan fingerprint density at radius 2 is 1.55 bits per heavy atom. The summed E-state index contributed by atoms with van der Waals surface area (Å²) in [4.78, 5) is 13.7. The maximum atomic E-state index is 13.7. The van der Waals surface area contributed by atoms with Crippen LogP contribution in [0.1, 0.15) is 156 Å². The second kappa shape index (κ2) is 10.7. The van der Waals surface area contributed by atoms with E-state index < -0.39 is 0 Å². The number of unbranched alkanes of at least 4 members (excludes halogenated alkanes) is 5. The van der Waals surface area contributed by atoms with E-state index in [1.54, 1.807) is 5.57 Å². The smallest absolute Gasteiger partial charge is 0.312 e. The van der Waals surface area contributed by atoms with Crippen LogP contribution in [0.25, 0.3) is 0 Å². The van der Waals surface area contributed by atoms with E-state index in [1.165, 1.54) is 103 Å². The third-order valence-corrected chi connectivity index (χ3v) is 14.9. The van der Waals surface area contributed by atoms with Crippen LogP contribution in [0.15, 0.2) is 11.6 Å². The van der Waals surface area contributed by atoms with E-state index in [0.717, 1.165) is 73.5 Å². The van der Waals surface area contributed by atoms with Gasteiger partial charge in [0, 0.05) is 6.42 Å². The third kappa shape index (κ3) is 4.67. The van der Waals surface area contributed by atoms with Crippen LogP contribution in [-0.4, -0.2) is 12.1 Å². The average molecular weight is 549 g/mol. The first kappa shape index (κ1) is 28.0. The molecule has 224 valence electrons. The van der Waals surface area contributed by atoms with Gasteiger partial charge in [-0.25, -0.2) is 0 Å². The quantitative estimate of drug-likeness (QED) is 0.163. The van der Waals surface area contributed by atoms with Crippen molar-refractivity contribution in [1.29, 1.82) is 0 Å². The number of fused-ring (bicyclic) bond motifs is 5. The summed E-state index contributed by atoms with van der Waals surface area (Å²) in [5.41, 5.74) is 2.51. The number of hydrogen-bond acceptors (Lipinski definition) is 2. The SMILES string of the molecule is CCCCCCCC[C@H]1CC[C@H]2[C@H]3CC=C4C[C@@H](OC(=O)C56CC7CC(CC(C7)C5)C6)CC[C@]4(C)[C@H]3CC[C@]12C. The Hall–Kier alpha value is -0.790. The van der Waals surface area contributed by atoms with E-state index in [-0.39, 0.29) is 17.5 Å². The summed E-state index contributed by atoms with van der Waals surface area (Å²) in [6, 6.07) is 0. The first-order valence-electron chi connectivity index (χ1n) is 18.2. The van der Waals surface area contributed by atoms with Crippen molar-refractivity contribution in [1.82, 2.24) is 0 Å². The van der Waals surface area contributed by atoms with Gasteiger partial charge in [-0.05, 0) is 142 Å². The molecule has 0 aliphatic heterocycles. The van der Waals surface area contributed by atoms with Gasteiger partial charge in [-0.15, -0.1) is 0 Å². The molecule has 0 saturated heterocycles. The van der Waals surface area contributed by atoms with E-state index in [2.05, 4.69) is 26.8 Å². The fraction of sp³-hybridized carbons (Fsp3) is 0.921. The van der Waals surface area contributed by atoms with Crippen LogP contribution in [0, 0.1) is 57.7 Å². The highest BCUT2D eigenvalue weighted by Gasteiger charge is 2.59. The maximum Gasteiger partial charge on any atom is 0.312 e. The van der Waals surface area contributed by atoms with Crippen molar-refractivity contribution in [2.75, 3.05) is 0 Å². The maximum absolute atomic E-state index is 13.7. The summed E-state index contributed by atoms with van der Waals surface area (Å²) in [5, 5.41) is 0. The molecule has 2 nitrogen and oxygen atoms in total. The monoisotopic (exact) mass is 548 g/mol. The minimum Gasteiger partial charge on any atom is -0.462 e. The van der Waals surface area contributed by atoms with E-state index in [0.29, 0.717) is 10.8 Å². The molecule has 40 heavy (non-hydrogen) atoms. The Kier molecular flexibility index (Phi) is 7.51. The molecule has 0 aromatic heterocycles. The molecule has 0 radical (unpaired) electrons. The van der Waals surface area contributed by atoms with Gasteiger partial charge in [0.05, 0.1) is 5.41 Å². The van der Waals surface area contributed by atoms with Gasteiger partial charge in [0.1, 0.15) is 6.10 Å². The Bertz CT molecular complexity index is 943. The highest BCUT2D eigenvalue weighted by atomic mass is 16.5. The molecule has 8 rings (SSSR count). The van der Waals surface area contributed by atoms with E-state index in [1.807, 2.05) is 0 Å². The molecule has 0 spiro atoms. The number of hydrogen-bond donors (Lipinski definition) is 0. The predicted molar refractivity (Wildman–Crippen MR) is 164 cm³/mol. The van der Waals surface area contributed by atoms with Crippen LogP contribution in [0.3, 0.4) is 0 Å². The van der Waals surface area contributed by atoms with Gasteiger partial charge in [-0.2, -0.15) is 0 Å². The molecule has 0 N–H and O–H groups in total. The van der Waals surface area contributed by atoms with E-state index in [4.69, 9.17) is 4.74 Å². The average Bonchev–Trinajstić information content (AvgIpc) is 3.26. The summed E-state index contributed by atoms with van der Waals surface area (Å²) in [6.07, 6.45) is 31.0. The molecule has 0 heterocycles. The second-order valence-electron chi connectivity index (χ2n) is 17.1. The second-order valence-corrected chi connectivity index (χ2v) is 17.1. The summed E-state index contributed by atoms with van der Waals surface area (Å²) in [5.74, 6) is 6.31. The number of esters is 1. The molecule has 0 unspecified atom stereocenters. The highest BCUT2D eigenvalue weighted by Crippen LogP contribution is 2.67. The Morgan fingerprint density at radius 3 is 2.27 bits per heavy atom. The van der Waals surface area contributed by atoms with Crippen LogP contribution in [-0.2, 0) is 9.53 Å². The fourth-order valence-corrected chi connectivity index (χ4v) is 13.1. The van der Waals surface area contributed by atoms with Crippen molar-refractivity contribution in [3.05, 3.63) is 11.6 Å². The zero-order valence-electron chi connectivity index (χ0n) is 26.4. The normalized spacial score (nSPS) is 48.7. The fourth-order valence-electron chi connectivity index (χ4n) is 13.1. The standard InChI is InChI=1S/C38H60O2/c1-4-5-6-7-8-9-10-29-12-14-33-32-13-11-30-22-31(15-17-37(30,3)34(32)16-18-36(29,33)2)40-35(39)38-23-26-19-27(24-38)21-28(20-26)25-38/h11,26-29,31-34H,4-10,12-25H2,1-3H3/t26?,27?,28?,29-,31-,32+,33-,34-,36+,37-,38?/m0/s1. The summed E-state index contributed by atoms with van der Waals surface area (Å²) in [6.45, 7) is 7.66. The van der Waals surface area contributed by atoms with Gasteiger partial charge in [0.25, 0.3) is 0 Å². The zero-order chi connectivity index (χ0) is 27.5. The number of ether oxygens (including phenoxy) is 1. The number of rotatable bonds is 9. The molecule has 8 aliphatic rings. The first-order valence-corrected chi connectivity index (χ1v) is 18.2. The summed E-state index contributed by atoms with van der Waals surface area (Å²) in [7, 11) is 0. The molecule has 7 saturated carbocycles. The number of carbonyl (C=O) groups is 1. The molecule has 2 heteroatoms. The van der Waals surface area contributed by atoms with Crippen molar-refractivity contribution in [2.24, 2.45) is 57.7 Å². The molecule has 0 aromatic rings. The van der Waals surface area contributed by atoms with Crippen molar-refractivity contribution < 1.29 is 9.53 Å². The largest absolute Gasteiger partial charge is 0.462 e.